The SMILES string of the molecule is CC1(C)C(/C=C/C2=C(O)C(=C/C=C3/N(CCCCS(=O)(=O)[O-])c4ccccc4C3(C)C)/CC(C(=O)O)C2)=[N+](CCCCS(=O)(=O)[O-])c2ccccc21. The van der Waals surface area contributed by atoms with Gasteiger partial charge in [0, 0.05) is 59.0 Å². The second-order valence-electron chi connectivity index (χ2n) is 14.8. The number of allylic oxidation sites excluding steroid dienone is 7. The number of anilines is 1. The van der Waals surface area contributed by atoms with Crippen molar-refractivity contribution in [2.75, 3.05) is 29.5 Å². The Bertz CT molecular complexity index is 2110. The zero-order chi connectivity index (χ0) is 38.1. The first-order chi connectivity index (χ1) is 24.3. The van der Waals surface area contributed by atoms with Crippen molar-refractivity contribution in [1.29, 1.82) is 0 Å². The molecule has 5 rings (SSSR count). The molecule has 0 radical (unpaired) electrons. The molecule has 2 heterocycles. The molecule has 2 aliphatic heterocycles. The molecular weight excluding hydrogens is 705 g/mol. The molecule has 1 unspecified atom stereocenters. The molecular formula is C39H47N2O9S2-. The molecule has 1 atom stereocenters. The molecule has 13 heteroatoms. The van der Waals surface area contributed by atoms with E-state index in [-0.39, 0.29) is 31.4 Å². The van der Waals surface area contributed by atoms with E-state index < -0.39 is 54.5 Å². The Hall–Kier alpha value is -4.04. The van der Waals surface area contributed by atoms with E-state index in [4.69, 9.17) is 0 Å². The van der Waals surface area contributed by atoms with Gasteiger partial charge in [0.1, 0.15) is 12.3 Å². The number of aliphatic carboxylic acids is 1. The van der Waals surface area contributed by atoms with Crippen molar-refractivity contribution >= 4 is 43.3 Å². The number of carboxylic acid groups (broad SMARTS) is 1. The molecule has 52 heavy (non-hydrogen) atoms. The fourth-order valence-electron chi connectivity index (χ4n) is 7.69. The predicted molar refractivity (Wildman–Crippen MR) is 199 cm³/mol. The summed E-state index contributed by atoms with van der Waals surface area (Å²) in [7, 11) is -8.65. The third-order valence-electron chi connectivity index (χ3n) is 10.4. The van der Waals surface area contributed by atoms with Crippen molar-refractivity contribution in [1.82, 2.24) is 0 Å². The maximum absolute atomic E-state index is 12.4. The van der Waals surface area contributed by atoms with Gasteiger partial charge < -0.3 is 24.2 Å². The molecule has 0 amide bonds. The molecule has 2 N–H and O–H groups in total. The lowest BCUT2D eigenvalue weighted by Gasteiger charge is -2.28. The number of carboxylic acids is 1. The Morgan fingerprint density at radius 3 is 2.12 bits per heavy atom. The van der Waals surface area contributed by atoms with E-state index >= 15 is 0 Å². The van der Waals surface area contributed by atoms with Crippen molar-refractivity contribution < 1.29 is 45.5 Å². The lowest BCUT2D eigenvalue weighted by molar-refractivity contribution is -0.438. The zero-order valence-electron chi connectivity index (χ0n) is 30.0. The summed E-state index contributed by atoms with van der Waals surface area (Å²) in [6.45, 7) is 9.25. The first kappa shape index (κ1) is 39.2. The van der Waals surface area contributed by atoms with Crippen LogP contribution < -0.4 is 4.90 Å². The Labute approximate surface area is 306 Å². The second-order valence-corrected chi connectivity index (χ2v) is 17.9. The van der Waals surface area contributed by atoms with Crippen molar-refractivity contribution in [2.45, 2.75) is 77.0 Å². The fraction of sp³-hybridized carbons (Fsp3) is 0.436. The maximum atomic E-state index is 12.4. The fourth-order valence-corrected chi connectivity index (χ4v) is 8.81. The Morgan fingerprint density at radius 1 is 0.846 bits per heavy atom. The highest BCUT2D eigenvalue weighted by Gasteiger charge is 2.44. The average Bonchev–Trinajstić information content (AvgIpc) is 3.41. The summed E-state index contributed by atoms with van der Waals surface area (Å²) in [6, 6.07) is 15.8. The summed E-state index contributed by atoms with van der Waals surface area (Å²) >= 11 is 0. The maximum Gasteiger partial charge on any atom is 0.307 e. The summed E-state index contributed by atoms with van der Waals surface area (Å²) in [5.41, 5.74) is 5.91. The minimum atomic E-state index is -4.32. The predicted octanol–water partition coefficient (Wildman–Crippen LogP) is 6.18. The van der Waals surface area contributed by atoms with Gasteiger partial charge in [-0.2, -0.15) is 4.58 Å². The number of aliphatic hydroxyl groups excluding tert-OH is 1. The van der Waals surface area contributed by atoms with Crippen LogP contribution in [0.15, 0.2) is 95.4 Å². The van der Waals surface area contributed by atoms with Crippen LogP contribution in [0, 0.1) is 5.92 Å². The van der Waals surface area contributed by atoms with Gasteiger partial charge in [0.25, 0.3) is 0 Å². The van der Waals surface area contributed by atoms with Crippen LogP contribution in [0.2, 0.25) is 0 Å². The zero-order valence-corrected chi connectivity index (χ0v) is 31.7. The highest BCUT2D eigenvalue weighted by molar-refractivity contribution is 7.85. The number of hydrogen-bond acceptors (Lipinski definition) is 9. The minimum absolute atomic E-state index is 0.00670. The van der Waals surface area contributed by atoms with Crippen LogP contribution in [0.3, 0.4) is 0 Å². The summed E-state index contributed by atoms with van der Waals surface area (Å²) in [5, 5.41) is 21.8. The van der Waals surface area contributed by atoms with Gasteiger partial charge in [0.05, 0.1) is 31.6 Å². The standard InChI is InChI=1S/C39H48N2O9S2/c1-38(2)30-13-5-7-15-32(30)40(21-9-11-23-51(45,46)47)34(38)19-17-27-25-29(37(43)44)26-28(36(27)42)18-20-35-39(3,4)31-14-6-8-16-33(31)41(35)22-10-12-24-52(48,49)50/h5-8,13-20,29H,9-12,21-26H2,1-4H3,(H3,43,44,45,46,47,48,49,50)/p-1/b27-17+,34-19+. The van der Waals surface area contributed by atoms with Crippen LogP contribution in [0.25, 0.3) is 0 Å². The monoisotopic (exact) mass is 751 g/mol. The third kappa shape index (κ3) is 8.60. The third-order valence-corrected chi connectivity index (χ3v) is 12.0. The van der Waals surface area contributed by atoms with Crippen molar-refractivity contribution in [3.05, 3.63) is 107 Å². The second kappa shape index (κ2) is 15.1. The number of nitrogens with zero attached hydrogens (tertiary/aromatic N) is 2. The number of unbranched alkanes of at least 4 members (excludes halogenated alkanes) is 2. The summed E-state index contributed by atoms with van der Waals surface area (Å²) in [6.07, 6.45) is 8.97. The molecule has 0 fully saturated rings. The first-order valence-corrected chi connectivity index (χ1v) is 20.7. The molecule has 0 saturated carbocycles. The number of para-hydroxylation sites is 2. The molecule has 11 nitrogen and oxygen atoms in total. The van der Waals surface area contributed by atoms with Crippen LogP contribution in [-0.4, -0.2) is 77.0 Å². The van der Waals surface area contributed by atoms with E-state index in [2.05, 4.69) is 37.2 Å². The van der Waals surface area contributed by atoms with Gasteiger partial charge in [0.15, 0.2) is 5.71 Å². The van der Waals surface area contributed by atoms with Gasteiger partial charge in [0.2, 0.25) is 5.69 Å². The lowest BCUT2D eigenvalue weighted by Crippen LogP contribution is -2.28. The van der Waals surface area contributed by atoms with Gasteiger partial charge in [-0.05, 0) is 80.9 Å². The highest BCUT2D eigenvalue weighted by Crippen LogP contribution is 2.48. The molecule has 1 aliphatic carbocycles. The number of aliphatic hydroxyl groups is 1. The van der Waals surface area contributed by atoms with E-state index in [1.807, 2.05) is 60.7 Å². The average molecular weight is 752 g/mol. The van der Waals surface area contributed by atoms with Crippen LogP contribution >= 0.6 is 0 Å². The molecule has 0 spiro atoms. The molecule has 2 aromatic carbocycles. The van der Waals surface area contributed by atoms with Gasteiger partial charge in [-0.1, -0.05) is 56.3 Å². The normalized spacial score (nSPS) is 21.4. The smallest absolute Gasteiger partial charge is 0.307 e. The molecule has 3 aliphatic rings. The van der Waals surface area contributed by atoms with Crippen molar-refractivity contribution in [3.63, 3.8) is 0 Å². The largest absolute Gasteiger partial charge is 0.748 e. The van der Waals surface area contributed by atoms with Crippen molar-refractivity contribution in [2.24, 2.45) is 5.92 Å². The quantitative estimate of drug-likeness (QED) is 0.129. The number of benzene rings is 2. The Kier molecular flexibility index (Phi) is 11.4. The van der Waals surface area contributed by atoms with Crippen LogP contribution in [0.1, 0.15) is 77.3 Å². The number of carbonyl (C=O) groups is 1. The van der Waals surface area contributed by atoms with E-state index in [1.54, 1.807) is 12.2 Å². The summed E-state index contributed by atoms with van der Waals surface area (Å²) in [5.74, 6) is -2.62. The van der Waals surface area contributed by atoms with Crippen LogP contribution in [0.4, 0.5) is 11.4 Å². The van der Waals surface area contributed by atoms with E-state index in [0.717, 1.165) is 33.9 Å². The summed E-state index contributed by atoms with van der Waals surface area (Å²) in [4.78, 5) is 14.5. The lowest BCUT2D eigenvalue weighted by atomic mass is 9.80. The van der Waals surface area contributed by atoms with Crippen LogP contribution in [-0.2, 0) is 35.9 Å². The van der Waals surface area contributed by atoms with E-state index in [9.17, 15) is 40.9 Å². The van der Waals surface area contributed by atoms with Gasteiger partial charge in [-0.3, -0.25) is 4.79 Å². The van der Waals surface area contributed by atoms with E-state index in [0.29, 0.717) is 37.1 Å². The molecule has 0 aromatic heterocycles. The number of rotatable bonds is 14. The molecule has 280 valence electrons. The number of hydrogen-bond donors (Lipinski definition) is 2. The van der Waals surface area contributed by atoms with Crippen molar-refractivity contribution in [3.8, 4) is 0 Å². The number of fused-ring (bicyclic) bond motifs is 2. The molecule has 0 bridgehead atoms. The summed E-state index contributed by atoms with van der Waals surface area (Å²) < 4.78 is 69.4. The van der Waals surface area contributed by atoms with Gasteiger partial charge in [-0.25, -0.2) is 16.8 Å². The molecule has 0 saturated heterocycles. The highest BCUT2D eigenvalue weighted by atomic mass is 32.2. The Balaban J connectivity index is 1.51. The van der Waals surface area contributed by atoms with Crippen LogP contribution in [0.5, 0.6) is 0 Å². The Morgan fingerprint density at radius 2 is 1.46 bits per heavy atom. The van der Waals surface area contributed by atoms with Gasteiger partial charge >= 0.3 is 5.97 Å². The van der Waals surface area contributed by atoms with E-state index in [1.165, 1.54) is 0 Å². The van der Waals surface area contributed by atoms with Gasteiger partial charge in [-0.15, -0.1) is 0 Å². The first-order valence-electron chi connectivity index (χ1n) is 17.5. The molecule has 2 aromatic rings. The topological polar surface area (TPSA) is 178 Å². The minimum Gasteiger partial charge on any atom is -0.748 e.